The molecule has 1 aromatic heterocycles. The molecule has 1 aliphatic carbocycles. The van der Waals surface area contributed by atoms with Crippen molar-refractivity contribution in [2.24, 2.45) is 10.8 Å². The highest BCUT2D eigenvalue weighted by Gasteiger charge is 2.45. The number of benzene rings is 1. The first-order valence-corrected chi connectivity index (χ1v) is 17.1. The lowest BCUT2D eigenvalue weighted by molar-refractivity contribution is 0.102. The van der Waals surface area contributed by atoms with Crippen LogP contribution in [0.5, 0.6) is 0 Å². The molecule has 1 amide bonds. The van der Waals surface area contributed by atoms with Crippen molar-refractivity contribution >= 4 is 42.9 Å². The van der Waals surface area contributed by atoms with Gasteiger partial charge in [0, 0.05) is 38.1 Å². The summed E-state index contributed by atoms with van der Waals surface area (Å²) in [5.41, 5.74) is 0.870. The first-order valence-electron chi connectivity index (χ1n) is 13.5. The Kier molecular flexibility index (Phi) is 6.98. The maximum atomic E-state index is 13.5. The largest absolute Gasteiger partial charge is 0.356 e. The summed E-state index contributed by atoms with van der Waals surface area (Å²) >= 11 is 0. The van der Waals surface area contributed by atoms with Crippen molar-refractivity contribution in [1.29, 1.82) is 0 Å². The number of hydrogen-bond acceptors (Lipinski definition) is 8. The van der Waals surface area contributed by atoms with Gasteiger partial charge in [-0.1, -0.05) is 26.8 Å². The monoisotopic (exact) mass is 574 g/mol. The van der Waals surface area contributed by atoms with Crippen LogP contribution >= 0.6 is 0 Å². The highest BCUT2D eigenvalue weighted by Crippen LogP contribution is 2.54. The van der Waals surface area contributed by atoms with E-state index in [9.17, 15) is 21.6 Å². The van der Waals surface area contributed by atoms with Gasteiger partial charge in [0.2, 0.25) is 0 Å². The first-order chi connectivity index (χ1) is 18.1. The van der Waals surface area contributed by atoms with E-state index in [1.807, 2.05) is 25.7 Å². The molecule has 1 saturated carbocycles. The highest BCUT2D eigenvalue weighted by molar-refractivity contribution is 7.91. The maximum absolute atomic E-state index is 13.5. The van der Waals surface area contributed by atoms with Crippen molar-refractivity contribution in [1.82, 2.24) is 4.98 Å². The molecule has 39 heavy (non-hydrogen) atoms. The number of nitrogens with zero attached hydrogens (tertiary/aromatic N) is 3. The second-order valence-corrected chi connectivity index (χ2v) is 17.0. The number of rotatable bonds is 7. The summed E-state index contributed by atoms with van der Waals surface area (Å²) in [5.74, 6) is 0.877. The molecule has 3 fully saturated rings. The minimum absolute atomic E-state index is 0.0000698. The molecule has 2 aromatic rings. The van der Waals surface area contributed by atoms with Crippen LogP contribution < -0.4 is 15.1 Å². The van der Waals surface area contributed by atoms with Gasteiger partial charge < -0.3 is 15.1 Å². The Hall–Kier alpha value is -2.66. The molecule has 0 radical (unpaired) electrons. The Morgan fingerprint density at radius 1 is 1.00 bits per heavy atom. The van der Waals surface area contributed by atoms with Gasteiger partial charge in [0.25, 0.3) is 5.91 Å². The molecule has 0 atom stereocenters. The van der Waals surface area contributed by atoms with Gasteiger partial charge >= 0.3 is 0 Å². The van der Waals surface area contributed by atoms with E-state index >= 15 is 0 Å². The van der Waals surface area contributed by atoms with Crippen LogP contribution in [-0.2, 0) is 19.7 Å². The third-order valence-electron chi connectivity index (χ3n) is 8.04. The molecular weight excluding hydrogens is 536 g/mol. The van der Waals surface area contributed by atoms with Gasteiger partial charge in [0.15, 0.2) is 19.7 Å². The van der Waals surface area contributed by atoms with Crippen LogP contribution in [0.25, 0.3) is 0 Å². The molecule has 1 N–H and O–H groups in total. The lowest BCUT2D eigenvalue weighted by Gasteiger charge is -2.40. The van der Waals surface area contributed by atoms with E-state index in [0.717, 1.165) is 25.9 Å². The zero-order valence-electron chi connectivity index (χ0n) is 23.1. The summed E-state index contributed by atoms with van der Waals surface area (Å²) in [6.07, 6.45) is 5.90. The summed E-state index contributed by atoms with van der Waals surface area (Å²) in [6.45, 7) is 8.02. The lowest BCUT2D eigenvalue weighted by Crippen LogP contribution is -2.55. The zero-order valence-corrected chi connectivity index (χ0v) is 24.7. The van der Waals surface area contributed by atoms with Crippen LogP contribution in [0.4, 0.5) is 17.3 Å². The van der Waals surface area contributed by atoms with Crippen LogP contribution in [0.1, 0.15) is 56.8 Å². The van der Waals surface area contributed by atoms with E-state index in [1.165, 1.54) is 25.2 Å². The van der Waals surface area contributed by atoms with E-state index in [-0.39, 0.29) is 16.6 Å². The average Bonchev–Trinajstić information content (AvgIpc) is 3.55. The summed E-state index contributed by atoms with van der Waals surface area (Å²) in [5, 5.41) is 2.48. The van der Waals surface area contributed by atoms with Crippen molar-refractivity contribution < 1.29 is 21.6 Å². The number of nitrogens with one attached hydrogen (secondary N) is 1. The van der Waals surface area contributed by atoms with E-state index in [4.69, 9.17) is 4.98 Å². The highest BCUT2D eigenvalue weighted by atomic mass is 32.2. The van der Waals surface area contributed by atoms with Gasteiger partial charge in [0.1, 0.15) is 11.6 Å². The normalized spacial score (nSPS) is 19.6. The number of carbonyl (C=O) groups excluding carboxylic acids is 1. The van der Waals surface area contributed by atoms with Gasteiger partial charge in [0.05, 0.1) is 21.5 Å². The molecule has 9 nitrogen and oxygen atoms in total. The molecule has 0 bridgehead atoms. The third-order valence-corrected chi connectivity index (χ3v) is 11.8. The van der Waals surface area contributed by atoms with E-state index in [2.05, 4.69) is 10.2 Å². The van der Waals surface area contributed by atoms with E-state index in [0.29, 0.717) is 41.4 Å². The predicted molar refractivity (Wildman–Crippen MR) is 154 cm³/mol. The summed E-state index contributed by atoms with van der Waals surface area (Å²) in [6, 6.07) is 9.87. The molecule has 0 unspecified atom stereocenters. The third kappa shape index (κ3) is 6.24. The molecule has 3 aliphatic rings. The van der Waals surface area contributed by atoms with Gasteiger partial charge in [-0.2, -0.15) is 0 Å². The molecule has 11 heteroatoms. The molecule has 2 saturated heterocycles. The van der Waals surface area contributed by atoms with Crippen molar-refractivity contribution in [2.45, 2.75) is 56.6 Å². The van der Waals surface area contributed by atoms with Gasteiger partial charge in [-0.3, -0.25) is 4.79 Å². The quantitative estimate of drug-likeness (QED) is 0.531. The zero-order chi connectivity index (χ0) is 28.2. The van der Waals surface area contributed by atoms with Crippen LogP contribution in [0.3, 0.4) is 0 Å². The number of pyridine rings is 1. The number of piperidine rings is 1. The molecular formula is C28H38N4O5S2. The molecule has 212 valence electrons. The number of hydrogen-bond donors (Lipinski definition) is 1. The lowest BCUT2D eigenvalue weighted by atomic mass is 9.93. The molecule has 5 rings (SSSR count). The number of aromatic nitrogens is 1. The molecule has 1 spiro atoms. The van der Waals surface area contributed by atoms with Gasteiger partial charge in [-0.05, 0) is 66.8 Å². The summed E-state index contributed by atoms with van der Waals surface area (Å²) < 4.78 is 49.6. The van der Waals surface area contributed by atoms with Crippen LogP contribution in [0.15, 0.2) is 41.3 Å². The Balaban J connectivity index is 1.39. The SMILES string of the molecule is CC(C)(C)CS(=O)(=O)c1cccc(NC(=O)c2ccc(N3CC(S(C)(=O)=O)C3)nc2N2CCC3(CC2)CC3)c1. The van der Waals surface area contributed by atoms with Crippen molar-refractivity contribution in [2.75, 3.05) is 53.3 Å². The topological polar surface area (TPSA) is 117 Å². The van der Waals surface area contributed by atoms with Crippen molar-refractivity contribution in [3.8, 4) is 0 Å². The van der Waals surface area contributed by atoms with Crippen LogP contribution in [0, 0.1) is 10.8 Å². The fourth-order valence-electron chi connectivity index (χ4n) is 5.42. The minimum atomic E-state index is -3.52. The molecule has 1 aromatic carbocycles. The number of amides is 1. The second-order valence-electron chi connectivity index (χ2n) is 12.7. The fourth-order valence-corrected chi connectivity index (χ4v) is 8.22. The van der Waals surface area contributed by atoms with Crippen molar-refractivity contribution in [3.05, 3.63) is 42.0 Å². The molecule has 3 heterocycles. The minimum Gasteiger partial charge on any atom is -0.356 e. The number of anilines is 3. The smallest absolute Gasteiger partial charge is 0.259 e. The predicted octanol–water partition coefficient (Wildman–Crippen LogP) is 3.77. The van der Waals surface area contributed by atoms with E-state index in [1.54, 1.807) is 30.3 Å². The Morgan fingerprint density at radius 3 is 2.26 bits per heavy atom. The number of carbonyl (C=O) groups is 1. The average molecular weight is 575 g/mol. The second kappa shape index (κ2) is 9.76. The Labute approximate surface area is 231 Å². The van der Waals surface area contributed by atoms with Crippen LogP contribution in [0.2, 0.25) is 0 Å². The fraction of sp³-hybridized carbons (Fsp3) is 0.571. The first kappa shape index (κ1) is 27.9. The summed E-state index contributed by atoms with van der Waals surface area (Å²) in [7, 11) is -6.63. The van der Waals surface area contributed by atoms with Gasteiger partial charge in [-0.15, -0.1) is 0 Å². The summed E-state index contributed by atoms with van der Waals surface area (Å²) in [4.78, 5) is 22.6. The standard InChI is InChI=1S/C28H38N4O5S2/c1-27(2,3)19-39(36,37)21-7-5-6-20(16-21)29-26(33)23-8-9-24(32-17-22(18-32)38(4,34)35)30-25(23)31-14-12-28(10-11-28)13-15-31/h5-9,16,22H,10-15,17-19H2,1-4H3,(H,29,33). The number of sulfone groups is 2. The maximum Gasteiger partial charge on any atom is 0.259 e. The molecule has 2 aliphatic heterocycles. The van der Waals surface area contributed by atoms with Crippen LogP contribution in [-0.4, -0.2) is 71.2 Å². The Morgan fingerprint density at radius 2 is 1.67 bits per heavy atom. The Bertz CT molecular complexity index is 1480. The van der Waals surface area contributed by atoms with Gasteiger partial charge in [-0.25, -0.2) is 21.8 Å². The van der Waals surface area contributed by atoms with Crippen molar-refractivity contribution in [3.63, 3.8) is 0 Å². The van der Waals surface area contributed by atoms with E-state index < -0.39 is 30.3 Å².